The third-order valence-corrected chi connectivity index (χ3v) is 4.84. The Bertz CT molecular complexity index is 456. The summed E-state index contributed by atoms with van der Waals surface area (Å²) in [5.74, 6) is -0.344. The molecule has 0 bridgehead atoms. The summed E-state index contributed by atoms with van der Waals surface area (Å²) in [5, 5.41) is 10.7. The third kappa shape index (κ3) is 3.41. The first-order valence-electron chi connectivity index (χ1n) is 7.31. The second-order valence-electron chi connectivity index (χ2n) is 6.12. The zero-order chi connectivity index (χ0) is 14.8. The molecular formula is C16H23BrFNO. The van der Waals surface area contributed by atoms with Crippen molar-refractivity contribution >= 4 is 15.9 Å². The summed E-state index contributed by atoms with van der Waals surface area (Å²) < 4.78 is 14.8. The van der Waals surface area contributed by atoms with Crippen molar-refractivity contribution < 1.29 is 9.50 Å². The van der Waals surface area contributed by atoms with E-state index in [0.29, 0.717) is 5.56 Å². The average molecular weight is 344 g/mol. The molecule has 0 aliphatic carbocycles. The molecule has 1 atom stereocenters. The van der Waals surface area contributed by atoms with Crippen molar-refractivity contribution in [2.24, 2.45) is 0 Å². The van der Waals surface area contributed by atoms with Gasteiger partial charge in [0.25, 0.3) is 0 Å². The van der Waals surface area contributed by atoms with Crippen LogP contribution in [-0.4, -0.2) is 28.6 Å². The smallest absolute Gasteiger partial charge is 0.129 e. The molecule has 1 fully saturated rings. The highest BCUT2D eigenvalue weighted by Gasteiger charge is 2.36. The molecule has 1 aromatic rings. The number of aliphatic hydroxyl groups excluding tert-OH is 1. The Morgan fingerprint density at radius 1 is 1.20 bits per heavy atom. The summed E-state index contributed by atoms with van der Waals surface area (Å²) in [6.07, 6.45) is 3.95. The van der Waals surface area contributed by atoms with Crippen LogP contribution in [-0.2, 0) is 0 Å². The fourth-order valence-corrected chi connectivity index (χ4v) is 3.30. The lowest BCUT2D eigenvalue weighted by Gasteiger charge is -2.41. The lowest BCUT2D eigenvalue weighted by molar-refractivity contribution is -0.0118. The van der Waals surface area contributed by atoms with Crippen LogP contribution in [0.2, 0.25) is 0 Å². The molecule has 1 unspecified atom stereocenters. The largest absolute Gasteiger partial charge is 0.386 e. The topological polar surface area (TPSA) is 23.5 Å². The van der Waals surface area contributed by atoms with Crippen molar-refractivity contribution in [1.29, 1.82) is 0 Å². The van der Waals surface area contributed by atoms with Gasteiger partial charge in [0.15, 0.2) is 0 Å². The van der Waals surface area contributed by atoms with Gasteiger partial charge in [-0.3, -0.25) is 4.90 Å². The molecule has 2 rings (SSSR count). The maximum absolute atomic E-state index is 14.0. The molecule has 4 heteroatoms. The number of halogens is 2. The zero-order valence-corrected chi connectivity index (χ0v) is 13.8. The predicted octanol–water partition coefficient (Wildman–Crippen LogP) is 4.28. The molecule has 1 aliphatic rings. The van der Waals surface area contributed by atoms with Crippen molar-refractivity contribution in [3.05, 3.63) is 34.1 Å². The first-order chi connectivity index (χ1) is 9.43. The Balaban J connectivity index is 2.24. The van der Waals surface area contributed by atoms with E-state index in [0.717, 1.165) is 30.4 Å². The second-order valence-corrected chi connectivity index (χ2v) is 7.04. The van der Waals surface area contributed by atoms with E-state index in [1.54, 1.807) is 12.1 Å². The summed E-state index contributed by atoms with van der Waals surface area (Å²) >= 11 is 3.35. The van der Waals surface area contributed by atoms with Crippen LogP contribution in [0.1, 0.15) is 51.2 Å². The predicted molar refractivity (Wildman–Crippen MR) is 83.2 cm³/mol. The van der Waals surface area contributed by atoms with E-state index in [2.05, 4.69) is 20.8 Å². The van der Waals surface area contributed by atoms with E-state index in [-0.39, 0.29) is 5.82 Å². The van der Waals surface area contributed by atoms with Crippen LogP contribution in [0.15, 0.2) is 22.7 Å². The fraction of sp³-hybridized carbons (Fsp3) is 0.625. The molecule has 20 heavy (non-hydrogen) atoms. The highest BCUT2D eigenvalue weighted by Crippen LogP contribution is 2.34. The summed E-state index contributed by atoms with van der Waals surface area (Å²) in [6, 6.07) is 4.74. The van der Waals surface area contributed by atoms with Gasteiger partial charge in [0.2, 0.25) is 0 Å². The van der Waals surface area contributed by atoms with Gasteiger partial charge in [-0.15, -0.1) is 0 Å². The van der Waals surface area contributed by atoms with Gasteiger partial charge in [-0.1, -0.05) is 28.8 Å². The number of nitrogens with zero attached hydrogens (tertiary/aromatic N) is 1. The van der Waals surface area contributed by atoms with Crippen molar-refractivity contribution in [1.82, 2.24) is 4.90 Å². The van der Waals surface area contributed by atoms with Gasteiger partial charge >= 0.3 is 0 Å². The number of hydrogen-bond acceptors (Lipinski definition) is 2. The lowest BCUT2D eigenvalue weighted by Crippen LogP contribution is -2.49. The van der Waals surface area contributed by atoms with Crippen LogP contribution in [0.4, 0.5) is 4.39 Å². The molecule has 0 radical (unpaired) electrons. The maximum atomic E-state index is 14.0. The molecule has 0 amide bonds. The van der Waals surface area contributed by atoms with E-state index in [1.165, 1.54) is 18.9 Å². The van der Waals surface area contributed by atoms with Gasteiger partial charge in [0, 0.05) is 15.6 Å². The van der Waals surface area contributed by atoms with Crippen LogP contribution in [0.3, 0.4) is 0 Å². The van der Waals surface area contributed by atoms with Crippen molar-refractivity contribution in [3.63, 3.8) is 0 Å². The second kappa shape index (κ2) is 6.54. The number of likely N-dealkylation sites (tertiary alicyclic amines) is 1. The van der Waals surface area contributed by atoms with Crippen LogP contribution < -0.4 is 0 Å². The summed E-state index contributed by atoms with van der Waals surface area (Å²) in [6.45, 7) is 5.95. The SMILES string of the molecule is CC(C)(C(O)c1cc(Br)ccc1F)N1CCCCCC1. The molecule has 112 valence electrons. The van der Waals surface area contributed by atoms with Gasteiger partial charge in [-0.25, -0.2) is 4.39 Å². The molecule has 1 aromatic carbocycles. The minimum Gasteiger partial charge on any atom is -0.386 e. The fourth-order valence-electron chi connectivity index (χ4n) is 2.92. The first kappa shape index (κ1) is 15.9. The summed E-state index contributed by atoms with van der Waals surface area (Å²) in [5.41, 5.74) is -0.0972. The van der Waals surface area contributed by atoms with E-state index in [1.807, 2.05) is 13.8 Å². The highest BCUT2D eigenvalue weighted by molar-refractivity contribution is 9.10. The number of rotatable bonds is 3. The number of hydrogen-bond donors (Lipinski definition) is 1. The van der Waals surface area contributed by atoms with E-state index < -0.39 is 11.6 Å². The Labute approximate surface area is 129 Å². The van der Waals surface area contributed by atoms with E-state index >= 15 is 0 Å². The molecule has 2 nitrogen and oxygen atoms in total. The Morgan fingerprint density at radius 2 is 1.80 bits per heavy atom. The maximum Gasteiger partial charge on any atom is 0.129 e. The molecule has 1 heterocycles. The summed E-state index contributed by atoms with van der Waals surface area (Å²) in [7, 11) is 0. The van der Waals surface area contributed by atoms with Gasteiger partial charge in [0.05, 0.1) is 6.10 Å². The van der Waals surface area contributed by atoms with Crippen LogP contribution in [0.25, 0.3) is 0 Å². The van der Waals surface area contributed by atoms with E-state index in [4.69, 9.17) is 0 Å². The Kier molecular flexibility index (Phi) is 5.21. The molecular weight excluding hydrogens is 321 g/mol. The highest BCUT2D eigenvalue weighted by atomic mass is 79.9. The van der Waals surface area contributed by atoms with Crippen molar-refractivity contribution in [2.45, 2.75) is 51.2 Å². The van der Waals surface area contributed by atoms with Gasteiger partial charge in [-0.05, 0) is 58.0 Å². The van der Waals surface area contributed by atoms with Crippen molar-refractivity contribution in [3.8, 4) is 0 Å². The van der Waals surface area contributed by atoms with Gasteiger partial charge in [-0.2, -0.15) is 0 Å². The molecule has 0 spiro atoms. The minimum atomic E-state index is -0.835. The third-order valence-electron chi connectivity index (χ3n) is 4.34. The standard InChI is InChI=1S/C16H23BrFNO/c1-16(2,19-9-5-3-4-6-10-19)15(20)13-11-12(17)7-8-14(13)18/h7-8,11,15,20H,3-6,9-10H2,1-2H3. The zero-order valence-electron chi connectivity index (χ0n) is 12.2. The molecule has 1 saturated heterocycles. The van der Waals surface area contributed by atoms with Crippen LogP contribution in [0.5, 0.6) is 0 Å². The lowest BCUT2D eigenvalue weighted by atomic mass is 9.89. The molecule has 1 aliphatic heterocycles. The van der Waals surface area contributed by atoms with Crippen LogP contribution in [0, 0.1) is 5.82 Å². The van der Waals surface area contributed by atoms with E-state index in [9.17, 15) is 9.50 Å². The van der Waals surface area contributed by atoms with Gasteiger partial charge in [0.1, 0.15) is 5.82 Å². The molecule has 1 N–H and O–H groups in total. The van der Waals surface area contributed by atoms with Crippen LogP contribution >= 0.6 is 15.9 Å². The summed E-state index contributed by atoms with van der Waals surface area (Å²) in [4.78, 5) is 2.30. The van der Waals surface area contributed by atoms with Crippen molar-refractivity contribution in [2.75, 3.05) is 13.1 Å². The minimum absolute atomic E-state index is 0.344. The van der Waals surface area contributed by atoms with Gasteiger partial charge < -0.3 is 5.11 Å². The molecule has 0 aromatic heterocycles. The molecule has 0 saturated carbocycles. The Hall–Kier alpha value is -0.450. The average Bonchev–Trinajstić information content (AvgIpc) is 2.70. The Morgan fingerprint density at radius 3 is 2.40 bits per heavy atom. The normalized spacial score (nSPS) is 19.6. The quantitative estimate of drug-likeness (QED) is 0.885. The first-order valence-corrected chi connectivity index (χ1v) is 8.10. The number of aliphatic hydroxyl groups is 1. The monoisotopic (exact) mass is 343 g/mol. The number of benzene rings is 1.